The molecule has 1 unspecified atom stereocenters. The van der Waals surface area contributed by atoms with Crippen LogP contribution in [-0.2, 0) is 4.79 Å². The molecule has 2 N–H and O–H groups in total. The number of H-pyrrole nitrogens is 1. The molecule has 18 heavy (non-hydrogen) atoms. The first-order chi connectivity index (χ1) is 8.61. The summed E-state index contributed by atoms with van der Waals surface area (Å²) >= 11 is 0. The standard InChI is InChI=1S/C14H14N2O2/c1-9(2-5-14(17)18)12-8-16-13-6-10(7-15)3-4-11(12)13/h3-4,6,8-9,16H,2,5H2,1H3,(H,17,18). The van der Waals surface area contributed by atoms with E-state index in [4.69, 9.17) is 10.4 Å². The zero-order valence-electron chi connectivity index (χ0n) is 10.1. The molecular weight excluding hydrogens is 228 g/mol. The maximum atomic E-state index is 10.6. The van der Waals surface area contributed by atoms with E-state index in [2.05, 4.69) is 11.1 Å². The van der Waals surface area contributed by atoms with E-state index in [1.54, 1.807) is 6.07 Å². The smallest absolute Gasteiger partial charge is 0.303 e. The number of aromatic nitrogens is 1. The topological polar surface area (TPSA) is 76.9 Å². The van der Waals surface area contributed by atoms with Crippen molar-refractivity contribution in [3.63, 3.8) is 0 Å². The third-order valence-corrected chi connectivity index (χ3v) is 3.16. The number of fused-ring (bicyclic) bond motifs is 1. The Kier molecular flexibility index (Phi) is 3.33. The molecule has 0 saturated heterocycles. The van der Waals surface area contributed by atoms with Crippen LogP contribution in [0.2, 0.25) is 0 Å². The van der Waals surface area contributed by atoms with Crippen LogP contribution in [0.25, 0.3) is 10.9 Å². The van der Waals surface area contributed by atoms with Crippen LogP contribution in [0, 0.1) is 11.3 Å². The third-order valence-electron chi connectivity index (χ3n) is 3.16. The number of carbonyl (C=O) groups is 1. The summed E-state index contributed by atoms with van der Waals surface area (Å²) in [7, 11) is 0. The second-order valence-corrected chi connectivity index (χ2v) is 4.45. The lowest BCUT2D eigenvalue weighted by Crippen LogP contribution is -1.99. The Morgan fingerprint density at radius 1 is 1.56 bits per heavy atom. The SMILES string of the molecule is CC(CCC(=O)O)c1c[nH]c2cc(C#N)ccc12. The molecule has 0 aliphatic rings. The molecule has 1 atom stereocenters. The van der Waals surface area contributed by atoms with E-state index < -0.39 is 5.97 Å². The molecule has 4 nitrogen and oxygen atoms in total. The zero-order valence-corrected chi connectivity index (χ0v) is 10.1. The first kappa shape index (κ1) is 12.2. The van der Waals surface area contributed by atoms with Gasteiger partial charge in [0.15, 0.2) is 0 Å². The third kappa shape index (κ3) is 2.35. The number of carboxylic acids is 1. The maximum absolute atomic E-state index is 10.6. The minimum Gasteiger partial charge on any atom is -0.481 e. The monoisotopic (exact) mass is 242 g/mol. The van der Waals surface area contributed by atoms with E-state index in [0.29, 0.717) is 12.0 Å². The molecule has 0 bridgehead atoms. The van der Waals surface area contributed by atoms with Gasteiger partial charge in [-0.25, -0.2) is 0 Å². The lowest BCUT2D eigenvalue weighted by atomic mass is 9.95. The van der Waals surface area contributed by atoms with Gasteiger partial charge in [0, 0.05) is 23.5 Å². The summed E-state index contributed by atoms with van der Waals surface area (Å²) in [5.41, 5.74) is 2.65. The number of nitriles is 1. The van der Waals surface area contributed by atoms with Gasteiger partial charge in [-0.1, -0.05) is 13.0 Å². The molecule has 0 spiro atoms. The molecule has 1 heterocycles. The fourth-order valence-electron chi connectivity index (χ4n) is 2.12. The number of carboxylic acid groups (broad SMARTS) is 1. The molecule has 2 rings (SSSR count). The predicted molar refractivity (Wildman–Crippen MR) is 68.3 cm³/mol. The molecule has 0 aliphatic carbocycles. The van der Waals surface area contributed by atoms with E-state index in [0.717, 1.165) is 16.5 Å². The van der Waals surface area contributed by atoms with Crippen molar-refractivity contribution in [1.82, 2.24) is 4.98 Å². The van der Waals surface area contributed by atoms with Crippen LogP contribution in [0.4, 0.5) is 0 Å². The van der Waals surface area contributed by atoms with Gasteiger partial charge >= 0.3 is 5.97 Å². The minimum absolute atomic E-state index is 0.171. The summed E-state index contributed by atoms with van der Waals surface area (Å²) in [5, 5.41) is 18.6. The maximum Gasteiger partial charge on any atom is 0.303 e. The zero-order chi connectivity index (χ0) is 13.1. The molecule has 0 saturated carbocycles. The Hall–Kier alpha value is -2.28. The summed E-state index contributed by atoms with van der Waals surface area (Å²) in [6, 6.07) is 7.60. The normalized spacial score (nSPS) is 12.2. The Balaban J connectivity index is 2.29. The van der Waals surface area contributed by atoms with Crippen LogP contribution in [0.1, 0.15) is 36.8 Å². The highest BCUT2D eigenvalue weighted by molar-refractivity contribution is 5.85. The average Bonchev–Trinajstić information content (AvgIpc) is 2.78. The van der Waals surface area contributed by atoms with Crippen LogP contribution in [-0.4, -0.2) is 16.1 Å². The number of hydrogen-bond acceptors (Lipinski definition) is 2. The second-order valence-electron chi connectivity index (χ2n) is 4.45. The number of hydrogen-bond donors (Lipinski definition) is 2. The van der Waals surface area contributed by atoms with Crippen molar-refractivity contribution >= 4 is 16.9 Å². The van der Waals surface area contributed by atoms with Crippen molar-refractivity contribution in [2.24, 2.45) is 0 Å². The van der Waals surface area contributed by atoms with Crippen molar-refractivity contribution in [3.05, 3.63) is 35.5 Å². The van der Waals surface area contributed by atoms with Gasteiger partial charge in [-0.3, -0.25) is 4.79 Å². The number of aromatic amines is 1. The van der Waals surface area contributed by atoms with Crippen molar-refractivity contribution in [2.45, 2.75) is 25.7 Å². The van der Waals surface area contributed by atoms with Gasteiger partial charge in [0.25, 0.3) is 0 Å². The Bertz CT molecular complexity index is 622. The molecule has 1 aromatic heterocycles. The molecule has 0 fully saturated rings. The highest BCUT2D eigenvalue weighted by atomic mass is 16.4. The highest BCUT2D eigenvalue weighted by Crippen LogP contribution is 2.28. The molecule has 92 valence electrons. The van der Waals surface area contributed by atoms with Crippen molar-refractivity contribution in [3.8, 4) is 6.07 Å². The molecule has 1 aromatic carbocycles. The van der Waals surface area contributed by atoms with Gasteiger partial charge in [-0.2, -0.15) is 5.26 Å². The van der Waals surface area contributed by atoms with Gasteiger partial charge in [-0.05, 0) is 30.0 Å². The Morgan fingerprint density at radius 3 is 3.00 bits per heavy atom. The summed E-state index contributed by atoms with van der Waals surface area (Å²) in [6.07, 6.45) is 2.69. The van der Waals surface area contributed by atoms with Gasteiger partial charge < -0.3 is 10.1 Å². The van der Waals surface area contributed by atoms with Crippen LogP contribution >= 0.6 is 0 Å². The lowest BCUT2D eigenvalue weighted by molar-refractivity contribution is -0.137. The van der Waals surface area contributed by atoms with E-state index >= 15 is 0 Å². The van der Waals surface area contributed by atoms with Gasteiger partial charge in [0.1, 0.15) is 0 Å². The van der Waals surface area contributed by atoms with Crippen LogP contribution < -0.4 is 0 Å². The van der Waals surface area contributed by atoms with Gasteiger partial charge in [-0.15, -0.1) is 0 Å². The first-order valence-electron chi connectivity index (χ1n) is 5.84. The summed E-state index contributed by atoms with van der Waals surface area (Å²) in [5.74, 6) is -0.587. The predicted octanol–water partition coefficient (Wildman–Crippen LogP) is 3.01. The Morgan fingerprint density at radius 2 is 2.33 bits per heavy atom. The molecule has 0 amide bonds. The number of aliphatic carboxylic acids is 1. The number of nitrogens with zero attached hydrogens (tertiary/aromatic N) is 1. The molecule has 4 heteroatoms. The fraction of sp³-hybridized carbons (Fsp3) is 0.286. The summed E-state index contributed by atoms with van der Waals surface area (Å²) in [6.45, 7) is 2.02. The first-order valence-corrected chi connectivity index (χ1v) is 5.84. The van der Waals surface area contributed by atoms with Crippen molar-refractivity contribution in [2.75, 3.05) is 0 Å². The van der Waals surface area contributed by atoms with Crippen molar-refractivity contribution in [1.29, 1.82) is 5.26 Å². The fourth-order valence-corrected chi connectivity index (χ4v) is 2.12. The van der Waals surface area contributed by atoms with Crippen LogP contribution in [0.15, 0.2) is 24.4 Å². The molecule has 0 radical (unpaired) electrons. The van der Waals surface area contributed by atoms with Crippen LogP contribution in [0.5, 0.6) is 0 Å². The minimum atomic E-state index is -0.770. The van der Waals surface area contributed by atoms with E-state index in [-0.39, 0.29) is 12.3 Å². The second kappa shape index (κ2) is 4.92. The summed E-state index contributed by atoms with van der Waals surface area (Å²) < 4.78 is 0. The number of rotatable bonds is 4. The molecular formula is C14H14N2O2. The Labute approximate surface area is 105 Å². The van der Waals surface area contributed by atoms with Crippen LogP contribution in [0.3, 0.4) is 0 Å². The number of nitrogens with one attached hydrogen (secondary N) is 1. The van der Waals surface area contributed by atoms with Crippen molar-refractivity contribution < 1.29 is 9.90 Å². The largest absolute Gasteiger partial charge is 0.481 e. The van der Waals surface area contributed by atoms with E-state index in [1.807, 2.05) is 25.3 Å². The molecule has 0 aliphatic heterocycles. The average molecular weight is 242 g/mol. The quantitative estimate of drug-likeness (QED) is 0.865. The lowest BCUT2D eigenvalue weighted by Gasteiger charge is -2.08. The van der Waals surface area contributed by atoms with E-state index in [1.165, 1.54) is 0 Å². The van der Waals surface area contributed by atoms with E-state index in [9.17, 15) is 4.79 Å². The van der Waals surface area contributed by atoms with Gasteiger partial charge in [0.2, 0.25) is 0 Å². The number of benzene rings is 1. The molecule has 2 aromatic rings. The highest BCUT2D eigenvalue weighted by Gasteiger charge is 2.12. The van der Waals surface area contributed by atoms with Gasteiger partial charge in [0.05, 0.1) is 11.6 Å². The summed E-state index contributed by atoms with van der Waals surface area (Å²) in [4.78, 5) is 13.7.